The second-order valence-corrected chi connectivity index (χ2v) is 6.28. The molecule has 120 valence electrons. The topological polar surface area (TPSA) is 67.4 Å². The van der Waals surface area contributed by atoms with Crippen molar-refractivity contribution in [2.75, 3.05) is 31.2 Å². The minimum atomic E-state index is -0.00100. The molecule has 1 N–H and O–H groups in total. The third kappa shape index (κ3) is 3.21. The number of carbonyl (C=O) groups excluding carboxylic acids is 1. The van der Waals surface area contributed by atoms with Crippen LogP contribution in [0.5, 0.6) is 0 Å². The van der Waals surface area contributed by atoms with Crippen LogP contribution in [-0.4, -0.2) is 42.2 Å². The van der Waals surface area contributed by atoms with Crippen molar-refractivity contribution in [1.29, 1.82) is 0 Å². The zero-order valence-electron chi connectivity index (χ0n) is 13.3. The molecule has 1 aromatic heterocycles. The maximum atomic E-state index is 12.0. The van der Waals surface area contributed by atoms with Gasteiger partial charge in [0.1, 0.15) is 0 Å². The molecule has 3 rings (SSSR count). The van der Waals surface area contributed by atoms with E-state index < -0.39 is 0 Å². The number of rotatable bonds is 3. The maximum Gasteiger partial charge on any atom is 0.225 e. The highest BCUT2D eigenvalue weighted by atomic mass is 16.5. The highest BCUT2D eigenvalue weighted by molar-refractivity contribution is 5.78. The van der Waals surface area contributed by atoms with Crippen LogP contribution in [0, 0.1) is 5.92 Å². The minimum Gasteiger partial charge on any atom is -0.378 e. The van der Waals surface area contributed by atoms with Gasteiger partial charge in [-0.2, -0.15) is 0 Å². The van der Waals surface area contributed by atoms with Gasteiger partial charge in [-0.3, -0.25) is 4.79 Å². The molecule has 0 unspecified atom stereocenters. The average molecular weight is 304 g/mol. The van der Waals surface area contributed by atoms with Gasteiger partial charge in [0, 0.05) is 30.8 Å². The molecule has 1 saturated heterocycles. The summed E-state index contributed by atoms with van der Waals surface area (Å²) in [5.41, 5.74) is 2.16. The lowest BCUT2D eigenvalue weighted by Gasteiger charge is -2.30. The third-order valence-corrected chi connectivity index (χ3v) is 4.30. The molecule has 6 heteroatoms. The number of amides is 1. The van der Waals surface area contributed by atoms with Gasteiger partial charge in [0.2, 0.25) is 11.9 Å². The number of morpholine rings is 1. The number of nitrogens with one attached hydrogen (secondary N) is 1. The molecule has 6 nitrogen and oxygen atoms in total. The standard InChI is InChI=1S/C16H24N4O2/c1-11(2)15(21)18-13-4-3-5-14-12(13)10-17-16(19-14)20-6-8-22-9-7-20/h10-11,13H,3-9H2,1-2H3,(H,18,21)/t13-/m1/s1. The SMILES string of the molecule is CC(C)C(=O)N[C@@H]1CCCc2nc(N3CCOCC3)ncc21. The molecule has 1 amide bonds. The van der Waals surface area contributed by atoms with Crippen molar-refractivity contribution in [1.82, 2.24) is 15.3 Å². The summed E-state index contributed by atoms with van der Waals surface area (Å²) >= 11 is 0. The summed E-state index contributed by atoms with van der Waals surface area (Å²) in [6.45, 7) is 6.97. The van der Waals surface area contributed by atoms with Crippen LogP contribution in [-0.2, 0) is 16.0 Å². The number of carbonyl (C=O) groups is 1. The molecule has 0 spiro atoms. The van der Waals surface area contributed by atoms with Crippen molar-refractivity contribution in [3.05, 3.63) is 17.5 Å². The Kier molecular flexibility index (Phi) is 4.57. The first-order valence-electron chi connectivity index (χ1n) is 8.14. The summed E-state index contributed by atoms with van der Waals surface area (Å²) in [6.07, 6.45) is 4.88. The number of fused-ring (bicyclic) bond motifs is 1. The van der Waals surface area contributed by atoms with E-state index in [4.69, 9.17) is 9.72 Å². The molecule has 0 saturated carbocycles. The highest BCUT2D eigenvalue weighted by Gasteiger charge is 2.25. The van der Waals surface area contributed by atoms with E-state index in [0.717, 1.165) is 62.8 Å². The number of nitrogens with zero attached hydrogens (tertiary/aromatic N) is 3. The van der Waals surface area contributed by atoms with Crippen molar-refractivity contribution in [2.24, 2.45) is 5.92 Å². The molecule has 2 heterocycles. The van der Waals surface area contributed by atoms with Crippen LogP contribution in [0.15, 0.2) is 6.20 Å². The minimum absolute atomic E-state index is 0.00100. The summed E-state index contributed by atoms with van der Waals surface area (Å²) < 4.78 is 5.37. The van der Waals surface area contributed by atoms with E-state index in [1.165, 1.54) is 0 Å². The fourth-order valence-corrected chi connectivity index (χ4v) is 2.94. The zero-order chi connectivity index (χ0) is 15.5. The smallest absolute Gasteiger partial charge is 0.225 e. The first-order valence-corrected chi connectivity index (χ1v) is 8.14. The first kappa shape index (κ1) is 15.2. The Morgan fingerprint density at radius 3 is 2.91 bits per heavy atom. The molecule has 0 bridgehead atoms. The van der Waals surface area contributed by atoms with E-state index in [9.17, 15) is 4.79 Å². The van der Waals surface area contributed by atoms with Crippen LogP contribution < -0.4 is 10.2 Å². The lowest BCUT2D eigenvalue weighted by Crippen LogP contribution is -2.38. The second kappa shape index (κ2) is 6.60. The molecule has 22 heavy (non-hydrogen) atoms. The lowest BCUT2D eigenvalue weighted by atomic mass is 9.92. The van der Waals surface area contributed by atoms with E-state index in [2.05, 4.69) is 15.2 Å². The Bertz CT molecular complexity index is 541. The summed E-state index contributed by atoms with van der Waals surface area (Å²) in [4.78, 5) is 23.4. The molecule has 2 aliphatic rings. The Morgan fingerprint density at radius 1 is 1.41 bits per heavy atom. The van der Waals surface area contributed by atoms with Crippen molar-refractivity contribution in [3.63, 3.8) is 0 Å². The number of anilines is 1. The predicted octanol–water partition coefficient (Wildman–Crippen LogP) is 1.46. The van der Waals surface area contributed by atoms with Gasteiger partial charge in [0.15, 0.2) is 0 Å². The molecule has 1 aromatic rings. The Balaban J connectivity index is 1.78. The number of ether oxygens (including phenoxy) is 1. The first-order chi connectivity index (χ1) is 10.6. The van der Waals surface area contributed by atoms with Crippen LogP contribution >= 0.6 is 0 Å². The van der Waals surface area contributed by atoms with Gasteiger partial charge in [-0.1, -0.05) is 13.8 Å². The molecule has 1 atom stereocenters. The van der Waals surface area contributed by atoms with Gasteiger partial charge in [0.05, 0.1) is 24.9 Å². The fourth-order valence-electron chi connectivity index (χ4n) is 2.94. The van der Waals surface area contributed by atoms with Gasteiger partial charge >= 0.3 is 0 Å². The van der Waals surface area contributed by atoms with E-state index in [1.807, 2.05) is 20.0 Å². The van der Waals surface area contributed by atoms with Crippen molar-refractivity contribution in [3.8, 4) is 0 Å². The van der Waals surface area contributed by atoms with Gasteiger partial charge in [0.25, 0.3) is 0 Å². The quantitative estimate of drug-likeness (QED) is 0.916. The lowest BCUT2D eigenvalue weighted by molar-refractivity contribution is -0.124. The van der Waals surface area contributed by atoms with Crippen LogP contribution in [0.1, 0.15) is 44.0 Å². The predicted molar refractivity (Wildman–Crippen MR) is 83.7 cm³/mol. The Morgan fingerprint density at radius 2 is 2.18 bits per heavy atom. The fraction of sp³-hybridized carbons (Fsp3) is 0.688. The van der Waals surface area contributed by atoms with Crippen LogP contribution in [0.3, 0.4) is 0 Å². The zero-order valence-corrected chi connectivity index (χ0v) is 13.3. The van der Waals surface area contributed by atoms with Gasteiger partial charge < -0.3 is 15.0 Å². The summed E-state index contributed by atoms with van der Waals surface area (Å²) in [5, 5.41) is 3.12. The molecular weight excluding hydrogens is 280 g/mol. The molecule has 0 radical (unpaired) electrons. The average Bonchev–Trinajstić information content (AvgIpc) is 2.55. The number of hydrogen-bond donors (Lipinski definition) is 1. The summed E-state index contributed by atoms with van der Waals surface area (Å²) in [7, 11) is 0. The van der Waals surface area contributed by atoms with Crippen LogP contribution in [0.25, 0.3) is 0 Å². The Labute approximate surface area is 131 Å². The summed E-state index contributed by atoms with van der Waals surface area (Å²) in [5.74, 6) is 0.881. The molecule has 1 aliphatic carbocycles. The second-order valence-electron chi connectivity index (χ2n) is 6.28. The third-order valence-electron chi connectivity index (χ3n) is 4.30. The van der Waals surface area contributed by atoms with E-state index in [1.54, 1.807) is 0 Å². The number of aryl methyl sites for hydroxylation is 1. The van der Waals surface area contributed by atoms with Crippen LogP contribution in [0.2, 0.25) is 0 Å². The van der Waals surface area contributed by atoms with Crippen LogP contribution in [0.4, 0.5) is 5.95 Å². The normalized spacial score (nSPS) is 21.6. The van der Waals surface area contributed by atoms with E-state index in [-0.39, 0.29) is 17.9 Å². The molecule has 1 fully saturated rings. The Hall–Kier alpha value is -1.69. The van der Waals surface area contributed by atoms with Crippen molar-refractivity contribution < 1.29 is 9.53 Å². The van der Waals surface area contributed by atoms with E-state index >= 15 is 0 Å². The number of aromatic nitrogens is 2. The van der Waals surface area contributed by atoms with E-state index in [0.29, 0.717) is 0 Å². The highest BCUT2D eigenvalue weighted by Crippen LogP contribution is 2.29. The maximum absolute atomic E-state index is 12.0. The van der Waals surface area contributed by atoms with Gasteiger partial charge in [-0.15, -0.1) is 0 Å². The largest absolute Gasteiger partial charge is 0.378 e. The van der Waals surface area contributed by atoms with Crippen molar-refractivity contribution >= 4 is 11.9 Å². The summed E-state index contributed by atoms with van der Waals surface area (Å²) in [6, 6.07) is 0.0531. The van der Waals surface area contributed by atoms with Crippen molar-refractivity contribution in [2.45, 2.75) is 39.2 Å². The van der Waals surface area contributed by atoms with Gasteiger partial charge in [-0.05, 0) is 19.3 Å². The van der Waals surface area contributed by atoms with Gasteiger partial charge in [-0.25, -0.2) is 9.97 Å². The monoisotopic (exact) mass is 304 g/mol. The molecule has 0 aromatic carbocycles. The molecular formula is C16H24N4O2. The number of hydrogen-bond acceptors (Lipinski definition) is 5. The molecule has 1 aliphatic heterocycles.